The van der Waals surface area contributed by atoms with Gasteiger partial charge in [-0.3, -0.25) is 4.79 Å². The Morgan fingerprint density at radius 2 is 1.73 bits per heavy atom. The highest BCUT2D eigenvalue weighted by molar-refractivity contribution is 5.51. The van der Waals surface area contributed by atoms with Crippen molar-refractivity contribution in [2.45, 2.75) is 13.1 Å². The van der Waals surface area contributed by atoms with E-state index >= 15 is 0 Å². The number of rotatable bonds is 1. The highest BCUT2D eigenvalue weighted by Crippen LogP contribution is 2.19. The van der Waals surface area contributed by atoms with Crippen LogP contribution in [0.25, 0.3) is 0 Å². The van der Waals surface area contributed by atoms with Crippen LogP contribution in [-0.4, -0.2) is 11.3 Å². The molecule has 2 heteroatoms. The summed E-state index contributed by atoms with van der Waals surface area (Å²) in [7, 11) is 0. The lowest BCUT2D eigenvalue weighted by Crippen LogP contribution is -2.12. The molecule has 1 heterocycles. The Kier molecular flexibility index (Phi) is 1.39. The molecule has 0 fully saturated rings. The van der Waals surface area contributed by atoms with E-state index in [2.05, 4.69) is 0 Å². The molecule has 55 valence electrons. The van der Waals surface area contributed by atoms with E-state index in [4.69, 9.17) is 0 Å². The number of nitrogens with zero attached hydrogens (tertiary/aromatic N) is 1. The van der Waals surface area contributed by atoms with Crippen molar-refractivity contribution in [1.29, 1.82) is 0 Å². The largest absolute Gasteiger partial charge is 0.326 e. The Bertz CT molecular complexity index is 258. The van der Waals surface area contributed by atoms with E-state index in [1.54, 1.807) is 4.90 Å². The van der Waals surface area contributed by atoms with Crippen molar-refractivity contribution >= 4 is 6.41 Å². The maximum Gasteiger partial charge on any atom is 0.312 e. The first-order chi connectivity index (χ1) is 5.40. The Morgan fingerprint density at radius 1 is 1.18 bits per heavy atom. The Labute approximate surface area is 65.4 Å². The molecule has 0 aromatic heterocycles. The van der Waals surface area contributed by atoms with Crippen LogP contribution in [0.15, 0.2) is 24.3 Å². The predicted octanol–water partition coefficient (Wildman–Crippen LogP) is 1.07. The van der Waals surface area contributed by atoms with Gasteiger partial charge < -0.3 is 4.90 Å². The molecule has 1 aromatic carbocycles. The predicted molar refractivity (Wildman–Crippen MR) is 41.4 cm³/mol. The van der Waals surface area contributed by atoms with Crippen LogP contribution in [0.1, 0.15) is 11.1 Å². The molecule has 0 atom stereocenters. The van der Waals surface area contributed by atoms with Crippen molar-refractivity contribution in [3.63, 3.8) is 0 Å². The molecule has 1 aliphatic heterocycles. The van der Waals surface area contributed by atoms with E-state index in [0.29, 0.717) is 0 Å². The summed E-state index contributed by atoms with van der Waals surface area (Å²) in [5.74, 6) is 0. The Morgan fingerprint density at radius 3 is 2.18 bits per heavy atom. The summed E-state index contributed by atoms with van der Waals surface area (Å²) < 4.78 is 0. The summed E-state index contributed by atoms with van der Waals surface area (Å²) in [6.07, 6.45) is 1.89. The van der Waals surface area contributed by atoms with Gasteiger partial charge in [0.2, 0.25) is 0 Å². The summed E-state index contributed by atoms with van der Waals surface area (Å²) in [6, 6.07) is 8.08. The molecular weight excluding hydrogens is 138 g/mol. The number of hydrogen-bond acceptors (Lipinski definition) is 1. The first-order valence-corrected chi connectivity index (χ1v) is 3.59. The first kappa shape index (κ1) is 6.40. The summed E-state index contributed by atoms with van der Waals surface area (Å²) >= 11 is 0. The molecule has 2 rings (SSSR count). The maximum absolute atomic E-state index is 10.3. The number of amides is 1. The molecule has 0 unspecified atom stereocenters. The van der Waals surface area contributed by atoms with Gasteiger partial charge >= 0.3 is 6.41 Å². The molecule has 0 aliphatic carbocycles. The first-order valence-electron chi connectivity index (χ1n) is 3.59. The van der Waals surface area contributed by atoms with Crippen LogP contribution in [0.4, 0.5) is 0 Å². The van der Waals surface area contributed by atoms with E-state index in [0.717, 1.165) is 13.1 Å². The molecule has 0 bridgehead atoms. The minimum Gasteiger partial charge on any atom is -0.326 e. The lowest BCUT2D eigenvalue weighted by atomic mass is 10.1. The fourth-order valence-corrected chi connectivity index (χ4v) is 1.40. The molecule has 1 radical (unpaired) electrons. The van der Waals surface area contributed by atoms with Gasteiger partial charge in [0.1, 0.15) is 0 Å². The van der Waals surface area contributed by atoms with Crippen molar-refractivity contribution in [1.82, 2.24) is 4.90 Å². The van der Waals surface area contributed by atoms with Crippen LogP contribution in [0.5, 0.6) is 0 Å². The zero-order valence-corrected chi connectivity index (χ0v) is 6.08. The molecule has 0 spiro atoms. The number of benzene rings is 1. The molecular formula is C9H8NO. The molecule has 11 heavy (non-hydrogen) atoms. The van der Waals surface area contributed by atoms with Gasteiger partial charge in [0, 0.05) is 13.1 Å². The van der Waals surface area contributed by atoms with E-state index < -0.39 is 0 Å². The lowest BCUT2D eigenvalue weighted by molar-refractivity contribution is 0.396. The summed E-state index contributed by atoms with van der Waals surface area (Å²) in [5.41, 5.74) is 2.49. The second-order valence-electron chi connectivity index (χ2n) is 2.72. The molecule has 2 nitrogen and oxygen atoms in total. The van der Waals surface area contributed by atoms with Crippen LogP contribution < -0.4 is 0 Å². The fourth-order valence-electron chi connectivity index (χ4n) is 1.40. The van der Waals surface area contributed by atoms with Gasteiger partial charge in [0.05, 0.1) is 0 Å². The standard InChI is InChI=1S/C9H8NO/c11-7-10-5-8-3-1-2-4-9(8)6-10/h1-4H,5-6H2. The highest BCUT2D eigenvalue weighted by atomic mass is 16.1. The van der Waals surface area contributed by atoms with Crippen LogP contribution in [0.3, 0.4) is 0 Å². The second-order valence-corrected chi connectivity index (χ2v) is 2.72. The van der Waals surface area contributed by atoms with Crippen LogP contribution in [0.2, 0.25) is 0 Å². The van der Waals surface area contributed by atoms with E-state index in [1.165, 1.54) is 11.1 Å². The molecule has 0 saturated heterocycles. The normalized spacial score (nSPS) is 14.7. The third kappa shape index (κ3) is 1.00. The molecule has 1 aromatic rings. The third-order valence-electron chi connectivity index (χ3n) is 1.97. The van der Waals surface area contributed by atoms with Crippen molar-refractivity contribution in [2.75, 3.05) is 0 Å². The van der Waals surface area contributed by atoms with Crippen molar-refractivity contribution in [2.24, 2.45) is 0 Å². The topological polar surface area (TPSA) is 20.3 Å². The third-order valence-corrected chi connectivity index (χ3v) is 1.97. The van der Waals surface area contributed by atoms with Crippen LogP contribution in [0, 0.1) is 0 Å². The number of carbonyl (C=O) groups excluding carboxylic acids is 1. The van der Waals surface area contributed by atoms with Gasteiger partial charge in [-0.05, 0) is 11.1 Å². The minimum atomic E-state index is 0.722. The average Bonchev–Trinajstić information content (AvgIpc) is 2.46. The fraction of sp³-hybridized carbons (Fsp3) is 0.222. The number of fused-ring (bicyclic) bond motifs is 1. The Balaban J connectivity index is 2.33. The second kappa shape index (κ2) is 2.38. The van der Waals surface area contributed by atoms with Gasteiger partial charge in [-0.25, -0.2) is 0 Å². The summed E-state index contributed by atoms with van der Waals surface area (Å²) in [5, 5.41) is 0. The van der Waals surface area contributed by atoms with Crippen LogP contribution in [-0.2, 0) is 17.9 Å². The molecule has 1 aliphatic rings. The van der Waals surface area contributed by atoms with Crippen molar-refractivity contribution in [3.05, 3.63) is 35.4 Å². The monoisotopic (exact) mass is 146 g/mol. The van der Waals surface area contributed by atoms with E-state index in [9.17, 15) is 4.79 Å². The lowest BCUT2D eigenvalue weighted by Gasteiger charge is -2.02. The van der Waals surface area contributed by atoms with E-state index in [1.807, 2.05) is 30.7 Å². The summed E-state index contributed by atoms with van der Waals surface area (Å²) in [4.78, 5) is 11.9. The van der Waals surface area contributed by atoms with Gasteiger partial charge in [-0.2, -0.15) is 0 Å². The molecule has 0 N–H and O–H groups in total. The van der Waals surface area contributed by atoms with E-state index in [-0.39, 0.29) is 0 Å². The smallest absolute Gasteiger partial charge is 0.312 e. The Hall–Kier alpha value is -1.31. The average molecular weight is 146 g/mol. The number of hydrogen-bond donors (Lipinski definition) is 0. The van der Waals surface area contributed by atoms with Crippen LogP contribution >= 0.6 is 0 Å². The maximum atomic E-state index is 10.3. The summed E-state index contributed by atoms with van der Waals surface area (Å²) in [6.45, 7) is 1.44. The zero-order chi connectivity index (χ0) is 7.68. The van der Waals surface area contributed by atoms with Gasteiger partial charge in [0.15, 0.2) is 0 Å². The van der Waals surface area contributed by atoms with Crippen molar-refractivity contribution < 1.29 is 4.79 Å². The minimum absolute atomic E-state index is 0.722. The van der Waals surface area contributed by atoms with Gasteiger partial charge in [-0.1, -0.05) is 24.3 Å². The van der Waals surface area contributed by atoms with Gasteiger partial charge in [-0.15, -0.1) is 0 Å². The molecule has 0 saturated carbocycles. The highest BCUT2D eigenvalue weighted by Gasteiger charge is 2.16. The molecule has 1 amide bonds. The zero-order valence-electron chi connectivity index (χ0n) is 6.08. The van der Waals surface area contributed by atoms with Crippen molar-refractivity contribution in [3.8, 4) is 0 Å². The quantitative estimate of drug-likeness (QED) is 0.580. The SMILES string of the molecule is O=[C]N1Cc2ccccc2C1. The van der Waals surface area contributed by atoms with Gasteiger partial charge in [0.25, 0.3) is 0 Å².